The molecule has 1 aliphatic rings. The lowest BCUT2D eigenvalue weighted by Crippen LogP contribution is -2.39. The van der Waals surface area contributed by atoms with Crippen molar-refractivity contribution in [2.45, 2.75) is 25.1 Å². The Morgan fingerprint density at radius 1 is 1.47 bits per heavy atom. The number of anilines is 1. The van der Waals surface area contributed by atoms with E-state index < -0.39 is 12.0 Å². The van der Waals surface area contributed by atoms with Gasteiger partial charge in [-0.3, -0.25) is 0 Å². The first-order valence-corrected chi connectivity index (χ1v) is 6.78. The molecule has 1 atom stereocenters. The molecule has 2 rings (SSSR count). The largest absolute Gasteiger partial charge is 0.452 e. The fraction of sp³-hybridized carbons (Fsp3) is 0.800. The average Bonchev–Trinajstić information content (AvgIpc) is 2.98. The van der Waals surface area contributed by atoms with Crippen molar-refractivity contribution in [2.24, 2.45) is 0 Å². The summed E-state index contributed by atoms with van der Waals surface area (Å²) in [4.78, 5) is 5.16. The topological polar surface area (TPSA) is 61.3 Å². The van der Waals surface area contributed by atoms with Crippen LogP contribution in [0.3, 0.4) is 0 Å². The predicted molar refractivity (Wildman–Crippen MR) is 65.2 cm³/mol. The van der Waals surface area contributed by atoms with Crippen molar-refractivity contribution >= 4 is 16.7 Å². The number of nitrogens with zero attached hydrogens (tertiary/aromatic N) is 3. The van der Waals surface area contributed by atoms with Gasteiger partial charge < -0.3 is 15.3 Å². The van der Waals surface area contributed by atoms with E-state index in [1.165, 1.54) is 0 Å². The zero-order chi connectivity index (χ0) is 13.9. The van der Waals surface area contributed by atoms with Crippen molar-refractivity contribution in [3.8, 4) is 0 Å². The molecule has 0 amide bonds. The van der Waals surface area contributed by atoms with Crippen LogP contribution in [0, 0.1) is 0 Å². The standard InChI is InChI=1S/C10H15F3N4OS/c11-10(12,13)8-15-9(19-16-8)17(4-5-18)6-7-2-1-3-14-7/h7,14,18H,1-6H2. The minimum absolute atomic E-state index is 0.131. The van der Waals surface area contributed by atoms with Crippen LogP contribution in [0.15, 0.2) is 0 Å². The van der Waals surface area contributed by atoms with Crippen LogP contribution in [0.4, 0.5) is 18.3 Å². The number of aliphatic hydroxyl groups excluding tert-OH is 1. The quantitative estimate of drug-likeness (QED) is 0.852. The maximum atomic E-state index is 12.5. The van der Waals surface area contributed by atoms with Crippen LogP contribution in [0.2, 0.25) is 0 Å². The number of hydrogen-bond acceptors (Lipinski definition) is 6. The minimum Gasteiger partial charge on any atom is -0.395 e. The smallest absolute Gasteiger partial charge is 0.395 e. The third kappa shape index (κ3) is 3.77. The monoisotopic (exact) mass is 296 g/mol. The molecule has 0 radical (unpaired) electrons. The summed E-state index contributed by atoms with van der Waals surface area (Å²) >= 11 is 0.714. The summed E-state index contributed by atoms with van der Waals surface area (Å²) in [7, 11) is 0. The van der Waals surface area contributed by atoms with Crippen LogP contribution >= 0.6 is 11.5 Å². The SMILES string of the molecule is OCCN(CC1CCCN1)c1nc(C(F)(F)F)ns1. The molecule has 5 nitrogen and oxygen atoms in total. The Bertz CT molecular complexity index is 406. The van der Waals surface area contributed by atoms with E-state index in [0.29, 0.717) is 18.1 Å². The van der Waals surface area contributed by atoms with Crippen molar-refractivity contribution in [3.63, 3.8) is 0 Å². The van der Waals surface area contributed by atoms with Gasteiger partial charge in [0.25, 0.3) is 0 Å². The third-order valence-corrected chi connectivity index (χ3v) is 3.69. The lowest BCUT2D eigenvalue weighted by molar-refractivity contribution is -0.144. The highest BCUT2D eigenvalue weighted by Crippen LogP contribution is 2.30. The second-order valence-electron chi connectivity index (χ2n) is 4.36. The molecule has 1 saturated heterocycles. The van der Waals surface area contributed by atoms with Gasteiger partial charge in [-0.05, 0) is 19.4 Å². The Hall–Kier alpha value is -0.930. The van der Waals surface area contributed by atoms with Crippen molar-refractivity contribution < 1.29 is 18.3 Å². The van der Waals surface area contributed by atoms with E-state index in [4.69, 9.17) is 5.11 Å². The lowest BCUT2D eigenvalue weighted by Gasteiger charge is -2.23. The van der Waals surface area contributed by atoms with Crippen LogP contribution < -0.4 is 10.2 Å². The summed E-state index contributed by atoms with van der Waals surface area (Å²) in [6.45, 7) is 1.58. The Morgan fingerprint density at radius 3 is 2.79 bits per heavy atom. The normalized spacial score (nSPS) is 19.9. The van der Waals surface area contributed by atoms with E-state index in [2.05, 4.69) is 14.7 Å². The summed E-state index contributed by atoms with van der Waals surface area (Å²) in [5.41, 5.74) is 0. The molecule has 108 valence electrons. The molecule has 0 bridgehead atoms. The van der Waals surface area contributed by atoms with Gasteiger partial charge in [-0.2, -0.15) is 22.5 Å². The summed E-state index contributed by atoms with van der Waals surface area (Å²) in [6, 6.07) is 0.227. The first-order chi connectivity index (χ1) is 9.00. The van der Waals surface area contributed by atoms with Gasteiger partial charge in [0.05, 0.1) is 6.61 Å². The van der Waals surface area contributed by atoms with Gasteiger partial charge in [0.1, 0.15) is 0 Å². The van der Waals surface area contributed by atoms with E-state index in [0.717, 1.165) is 19.4 Å². The number of hydrogen-bond donors (Lipinski definition) is 2. The predicted octanol–water partition coefficient (Wildman–Crippen LogP) is 1.11. The highest BCUT2D eigenvalue weighted by molar-refractivity contribution is 7.09. The van der Waals surface area contributed by atoms with E-state index in [1.54, 1.807) is 4.90 Å². The minimum atomic E-state index is -4.52. The number of halogens is 3. The molecule has 0 aliphatic carbocycles. The molecule has 0 saturated carbocycles. The maximum Gasteiger partial charge on any atom is 0.452 e. The molecular weight excluding hydrogens is 281 g/mol. The molecule has 1 aromatic rings. The average molecular weight is 296 g/mol. The molecule has 2 heterocycles. The number of aromatic nitrogens is 2. The van der Waals surface area contributed by atoms with Gasteiger partial charge in [-0.1, -0.05) is 0 Å². The van der Waals surface area contributed by atoms with Gasteiger partial charge >= 0.3 is 6.18 Å². The highest BCUT2D eigenvalue weighted by Gasteiger charge is 2.36. The highest BCUT2D eigenvalue weighted by atomic mass is 32.1. The van der Waals surface area contributed by atoms with E-state index in [1.807, 2.05) is 0 Å². The van der Waals surface area contributed by atoms with E-state index in [-0.39, 0.29) is 24.3 Å². The Morgan fingerprint density at radius 2 is 2.26 bits per heavy atom. The van der Waals surface area contributed by atoms with Crippen LogP contribution in [-0.4, -0.2) is 46.7 Å². The lowest BCUT2D eigenvalue weighted by atomic mass is 10.2. The van der Waals surface area contributed by atoms with Crippen LogP contribution in [0.5, 0.6) is 0 Å². The molecular formula is C10H15F3N4OS. The summed E-state index contributed by atoms with van der Waals surface area (Å²) < 4.78 is 40.7. The van der Waals surface area contributed by atoms with Crippen molar-refractivity contribution in [2.75, 3.05) is 31.1 Å². The molecule has 0 aromatic carbocycles. The zero-order valence-electron chi connectivity index (χ0n) is 10.2. The molecule has 9 heteroatoms. The number of aliphatic hydroxyl groups is 1. The van der Waals surface area contributed by atoms with Gasteiger partial charge in [0, 0.05) is 30.7 Å². The first-order valence-electron chi connectivity index (χ1n) is 6.01. The zero-order valence-corrected chi connectivity index (χ0v) is 11.0. The number of alkyl halides is 3. The molecule has 1 fully saturated rings. The molecule has 19 heavy (non-hydrogen) atoms. The second kappa shape index (κ2) is 6.02. The third-order valence-electron chi connectivity index (χ3n) is 2.91. The maximum absolute atomic E-state index is 12.5. The Kier molecular flexibility index (Phi) is 4.58. The van der Waals surface area contributed by atoms with Gasteiger partial charge in [0.2, 0.25) is 11.0 Å². The number of rotatable bonds is 5. The second-order valence-corrected chi connectivity index (χ2v) is 5.09. The molecule has 2 N–H and O–H groups in total. The molecule has 1 aromatic heterocycles. The van der Waals surface area contributed by atoms with Gasteiger partial charge in [-0.15, -0.1) is 0 Å². The fourth-order valence-corrected chi connectivity index (χ4v) is 2.74. The molecule has 0 spiro atoms. The fourth-order valence-electron chi connectivity index (χ4n) is 2.02. The van der Waals surface area contributed by atoms with Crippen molar-refractivity contribution in [1.29, 1.82) is 0 Å². The van der Waals surface area contributed by atoms with Crippen LogP contribution in [-0.2, 0) is 6.18 Å². The van der Waals surface area contributed by atoms with Crippen molar-refractivity contribution in [1.82, 2.24) is 14.7 Å². The van der Waals surface area contributed by atoms with Crippen LogP contribution in [0.25, 0.3) is 0 Å². The van der Waals surface area contributed by atoms with E-state index in [9.17, 15) is 13.2 Å². The summed E-state index contributed by atoms with van der Waals surface area (Å²) in [5.74, 6) is -1.12. The Labute approximate surface area is 112 Å². The first kappa shape index (κ1) is 14.5. The summed E-state index contributed by atoms with van der Waals surface area (Å²) in [6.07, 6.45) is -2.49. The van der Waals surface area contributed by atoms with Crippen molar-refractivity contribution in [3.05, 3.63) is 5.82 Å². The van der Waals surface area contributed by atoms with Crippen LogP contribution in [0.1, 0.15) is 18.7 Å². The number of nitrogens with one attached hydrogen (secondary N) is 1. The molecule has 1 aliphatic heterocycles. The Balaban J connectivity index is 2.07. The molecule has 1 unspecified atom stereocenters. The van der Waals surface area contributed by atoms with E-state index >= 15 is 0 Å². The van der Waals surface area contributed by atoms with Gasteiger partial charge in [-0.25, -0.2) is 0 Å². The summed E-state index contributed by atoms with van der Waals surface area (Å²) in [5, 5.41) is 12.5. The van der Waals surface area contributed by atoms with Gasteiger partial charge in [0.15, 0.2) is 0 Å².